The van der Waals surface area contributed by atoms with Gasteiger partial charge < -0.3 is 0 Å². The van der Waals surface area contributed by atoms with Crippen LogP contribution in [-0.4, -0.2) is 86.6 Å². The maximum absolute atomic E-state index is 3.95. The summed E-state index contributed by atoms with van der Waals surface area (Å²) in [5, 5.41) is 0. The van der Waals surface area contributed by atoms with E-state index in [0.29, 0.717) is 17.9 Å². The van der Waals surface area contributed by atoms with Crippen molar-refractivity contribution in [1.29, 1.82) is 0 Å². The number of hydrogen-bond acceptors (Lipinski definition) is 16. The molecule has 0 bridgehead atoms. The molecule has 16 heteroatoms. The van der Waals surface area contributed by atoms with E-state index in [4.69, 9.17) is 0 Å². The second-order valence-corrected chi connectivity index (χ2v) is 4.74. The lowest BCUT2D eigenvalue weighted by Gasteiger charge is -2.25. The topological polar surface area (TPSA) is 193 Å². The molecule has 0 N–H and O–H groups in total. The molecule has 152 valence electrons. The van der Waals surface area contributed by atoms with E-state index >= 15 is 0 Å². The maximum Gasteiger partial charge on any atom is 0.242 e. The molecule has 0 saturated carbocycles. The lowest BCUT2D eigenvalue weighted by molar-refractivity contribution is 0.836. The molecule has 0 atom stereocenters. The van der Waals surface area contributed by atoms with Crippen molar-refractivity contribution in [2.45, 2.75) is 0 Å². The molecule has 0 aliphatic carbocycles. The van der Waals surface area contributed by atoms with Gasteiger partial charge in [0.05, 0.1) is 0 Å². The number of aromatic nitrogens is 9. The molecule has 0 fully saturated rings. The van der Waals surface area contributed by atoms with Crippen LogP contribution in [0.5, 0.6) is 0 Å². The highest BCUT2D eigenvalue weighted by molar-refractivity contribution is 6.25. The van der Waals surface area contributed by atoms with Gasteiger partial charge in [-0.05, 0) is 0 Å². The molecule has 0 amide bonds. The van der Waals surface area contributed by atoms with Crippen molar-refractivity contribution in [2.75, 3.05) is 0 Å². The lowest BCUT2D eigenvalue weighted by atomic mass is 10.5. The minimum absolute atomic E-state index is 0.496. The molecule has 16 nitrogen and oxygen atoms in total. The van der Waals surface area contributed by atoms with E-state index in [1.807, 2.05) is 0 Å². The molecule has 31 heavy (non-hydrogen) atoms. The summed E-state index contributed by atoms with van der Waals surface area (Å²) in [6.07, 6.45) is 17.2. The lowest BCUT2D eigenvalue weighted by Crippen LogP contribution is -2.44. The summed E-state index contributed by atoms with van der Waals surface area (Å²) in [7, 11) is 0. The second-order valence-electron chi connectivity index (χ2n) is 4.74. The molecule has 3 aromatic heterocycles. The summed E-state index contributed by atoms with van der Waals surface area (Å²) in [6, 6.07) is 0. The van der Waals surface area contributed by atoms with E-state index in [0.717, 1.165) is 0 Å². The van der Waals surface area contributed by atoms with Crippen molar-refractivity contribution < 1.29 is 0 Å². The van der Waals surface area contributed by atoms with Crippen LogP contribution in [0.1, 0.15) is 0 Å². The zero-order valence-electron chi connectivity index (χ0n) is 15.6. The first-order chi connectivity index (χ1) is 15.4. The predicted molar refractivity (Wildman–Crippen MR) is 109 cm³/mol. The van der Waals surface area contributed by atoms with Gasteiger partial charge in [0.1, 0.15) is 76.0 Å². The highest BCUT2D eigenvalue weighted by Crippen LogP contribution is 2.10. The molecule has 6 rings (SSSR count). The Morgan fingerprint density at radius 1 is 0.355 bits per heavy atom. The van der Waals surface area contributed by atoms with Crippen LogP contribution in [0.15, 0.2) is 86.9 Å². The summed E-state index contributed by atoms with van der Waals surface area (Å²) < 4.78 is 0. The molecule has 3 aliphatic heterocycles. The van der Waals surface area contributed by atoms with Crippen molar-refractivity contribution in [1.82, 2.24) is 49.8 Å². The van der Waals surface area contributed by atoms with Crippen molar-refractivity contribution in [3.05, 3.63) is 56.9 Å². The van der Waals surface area contributed by atoms with E-state index in [1.54, 1.807) is 4.90 Å². The van der Waals surface area contributed by atoms with Crippen molar-refractivity contribution in [3.63, 3.8) is 0 Å². The van der Waals surface area contributed by atoms with Crippen molar-refractivity contribution in [2.24, 2.45) is 30.0 Å². The van der Waals surface area contributed by atoms with Gasteiger partial charge in [0, 0.05) is 0 Å². The van der Waals surface area contributed by atoms with E-state index in [-0.39, 0.29) is 0 Å². The first-order valence-electron chi connectivity index (χ1n) is 8.21. The summed E-state index contributed by atoms with van der Waals surface area (Å²) in [5.74, 6) is 1.49. The third kappa shape index (κ3) is 7.07. The first-order valence-corrected chi connectivity index (χ1v) is 8.21. The van der Waals surface area contributed by atoms with Crippen LogP contribution in [0.3, 0.4) is 0 Å². The third-order valence-electron chi connectivity index (χ3n) is 2.84. The van der Waals surface area contributed by atoms with Gasteiger partial charge in [-0.1, -0.05) is 0 Å². The Hall–Kier alpha value is -5.15. The molecule has 0 unspecified atom stereocenters. The number of aliphatic imine (C=N–C) groups is 6. The van der Waals surface area contributed by atoms with Crippen LogP contribution < -0.4 is 0 Å². The van der Waals surface area contributed by atoms with Crippen LogP contribution in [0.25, 0.3) is 0 Å². The zero-order valence-corrected chi connectivity index (χ0v) is 15.6. The minimum atomic E-state index is 0.496. The quantitative estimate of drug-likeness (QED) is 0.443. The fourth-order valence-corrected chi connectivity index (χ4v) is 1.73. The smallest absolute Gasteiger partial charge is 0.225 e. The largest absolute Gasteiger partial charge is 0.242 e. The van der Waals surface area contributed by atoms with Gasteiger partial charge in [0.15, 0.2) is 0 Å². The van der Waals surface area contributed by atoms with E-state index < -0.39 is 0 Å². The fraction of sp³-hybridized carbons (Fsp3) is 0. The van der Waals surface area contributed by atoms with E-state index in [1.165, 1.54) is 76.0 Å². The third-order valence-corrected chi connectivity index (χ3v) is 2.84. The number of guanidine groups is 3. The summed E-state index contributed by atoms with van der Waals surface area (Å²) in [6.45, 7) is 0. The summed E-state index contributed by atoms with van der Waals surface area (Å²) in [4.78, 5) is 57.4. The van der Waals surface area contributed by atoms with Crippen LogP contribution in [0.4, 0.5) is 0 Å². The molecule has 6 heterocycles. The van der Waals surface area contributed by atoms with Gasteiger partial charge in [-0.15, -0.1) is 0 Å². The Balaban J connectivity index is 0.000000128. The molecule has 3 aliphatic rings. The minimum Gasteiger partial charge on any atom is -0.225 e. The molecule has 0 saturated heterocycles. The zero-order chi connectivity index (χ0) is 21.4. The van der Waals surface area contributed by atoms with Gasteiger partial charge in [-0.2, -0.15) is 0 Å². The molecule has 0 spiro atoms. The first kappa shape index (κ1) is 20.6. The summed E-state index contributed by atoms with van der Waals surface area (Å²) >= 11 is 0. The Kier molecular flexibility index (Phi) is 8.19. The van der Waals surface area contributed by atoms with E-state index in [9.17, 15) is 0 Å². The van der Waals surface area contributed by atoms with Crippen LogP contribution >= 0.6 is 0 Å². The average molecular weight is 416 g/mol. The molecular weight excluding hydrogens is 404 g/mol. The van der Waals surface area contributed by atoms with Gasteiger partial charge >= 0.3 is 0 Å². The Labute approximate surface area is 174 Å². The second kappa shape index (κ2) is 12.3. The maximum atomic E-state index is 3.95. The highest BCUT2D eigenvalue weighted by Gasteiger charge is 2.28. The number of hydrogen-bond donors (Lipinski definition) is 0. The molecule has 0 radical (unpaired) electrons. The SMILES string of the molecule is C1=NC2=NC=NC3=NC=NC(=N1)N23.c1ncncn1.c1ncncn1.c1ncncn1. The number of nitrogens with zero attached hydrogens (tertiary/aromatic N) is 16. The average Bonchev–Trinajstić information content (AvgIpc) is 2.89. The van der Waals surface area contributed by atoms with Crippen molar-refractivity contribution in [3.8, 4) is 0 Å². The van der Waals surface area contributed by atoms with Gasteiger partial charge in [0.25, 0.3) is 0 Å². The normalized spacial score (nSPS) is 13.9. The molecule has 3 aromatic rings. The van der Waals surface area contributed by atoms with Crippen molar-refractivity contribution >= 4 is 36.9 Å². The highest BCUT2D eigenvalue weighted by atomic mass is 15.5. The summed E-state index contributed by atoms with van der Waals surface area (Å²) in [5.41, 5.74) is 0. The fourth-order valence-electron chi connectivity index (χ4n) is 1.73. The van der Waals surface area contributed by atoms with Crippen LogP contribution in [-0.2, 0) is 0 Å². The standard InChI is InChI=1S/C6H3N7.3C3H3N3/c1-7-4-9-2-11-6-12-3-10-5(8-1)13(4)6;3*1-4-2-6-3-5-1/h1-3H;3*1-3H. The molecular formula is C15H12N16. The number of rotatable bonds is 0. The van der Waals surface area contributed by atoms with Crippen LogP contribution in [0, 0.1) is 0 Å². The van der Waals surface area contributed by atoms with Gasteiger partial charge in [-0.3, -0.25) is 0 Å². The predicted octanol–water partition coefficient (Wildman–Crippen LogP) is -0.903. The van der Waals surface area contributed by atoms with Gasteiger partial charge in [0.2, 0.25) is 17.9 Å². The van der Waals surface area contributed by atoms with Crippen LogP contribution in [0.2, 0.25) is 0 Å². The van der Waals surface area contributed by atoms with E-state index in [2.05, 4.69) is 74.8 Å². The van der Waals surface area contributed by atoms with Gasteiger partial charge in [-0.25, -0.2) is 79.7 Å². The Morgan fingerprint density at radius 3 is 0.774 bits per heavy atom. The monoisotopic (exact) mass is 416 g/mol. The Morgan fingerprint density at radius 2 is 0.581 bits per heavy atom. The molecule has 0 aromatic carbocycles. The Bertz CT molecular complexity index is 856.